The van der Waals surface area contributed by atoms with Gasteiger partial charge in [-0.25, -0.2) is 0 Å². The van der Waals surface area contributed by atoms with E-state index in [1.54, 1.807) is 7.11 Å². The maximum atomic E-state index is 5.74. The predicted octanol–water partition coefficient (Wildman–Crippen LogP) is 2.29. The number of nitrogen functional groups attached to an aromatic ring is 1. The monoisotopic (exact) mass is 177 g/mol. The Morgan fingerprint density at radius 3 is 3.08 bits per heavy atom. The summed E-state index contributed by atoms with van der Waals surface area (Å²) in [5, 5.41) is 0. The molecule has 0 radical (unpaired) electrons. The number of ether oxygens (including phenoxy) is 1. The van der Waals surface area contributed by atoms with E-state index < -0.39 is 0 Å². The molecule has 0 amide bonds. The number of rotatable bonds is 1. The van der Waals surface area contributed by atoms with Crippen molar-refractivity contribution in [2.75, 3.05) is 12.8 Å². The molecule has 0 aliphatic heterocycles. The number of anilines is 1. The number of hydrogen-bond acceptors (Lipinski definition) is 2. The van der Waals surface area contributed by atoms with Crippen molar-refractivity contribution < 1.29 is 4.74 Å². The number of aryl methyl sites for hydroxylation is 1. The molecule has 0 bridgehead atoms. The zero-order valence-corrected chi connectivity index (χ0v) is 7.92. The van der Waals surface area contributed by atoms with Gasteiger partial charge in [-0.3, -0.25) is 0 Å². The molecule has 1 aliphatic carbocycles. The maximum Gasteiger partial charge on any atom is 0.0824 e. The SMILES string of the molecule is COC1CCCc2ccc(N)cc21. The van der Waals surface area contributed by atoms with E-state index in [1.807, 2.05) is 12.1 Å². The molecular formula is C11H15NO. The van der Waals surface area contributed by atoms with Gasteiger partial charge in [-0.05, 0) is 42.5 Å². The van der Waals surface area contributed by atoms with Gasteiger partial charge in [-0.15, -0.1) is 0 Å². The lowest BCUT2D eigenvalue weighted by Gasteiger charge is -2.24. The van der Waals surface area contributed by atoms with Gasteiger partial charge >= 0.3 is 0 Å². The second-order valence-electron chi connectivity index (χ2n) is 3.57. The highest BCUT2D eigenvalue weighted by atomic mass is 16.5. The van der Waals surface area contributed by atoms with Crippen LogP contribution in [0, 0.1) is 0 Å². The van der Waals surface area contributed by atoms with Crippen LogP contribution >= 0.6 is 0 Å². The summed E-state index contributed by atoms with van der Waals surface area (Å²) >= 11 is 0. The van der Waals surface area contributed by atoms with E-state index in [9.17, 15) is 0 Å². The van der Waals surface area contributed by atoms with Gasteiger partial charge in [0.15, 0.2) is 0 Å². The van der Waals surface area contributed by atoms with Crippen LogP contribution < -0.4 is 5.73 Å². The van der Waals surface area contributed by atoms with Crippen molar-refractivity contribution in [1.82, 2.24) is 0 Å². The first kappa shape index (κ1) is 8.57. The summed E-state index contributed by atoms with van der Waals surface area (Å²) < 4.78 is 5.42. The van der Waals surface area contributed by atoms with E-state index in [0.29, 0.717) is 0 Å². The van der Waals surface area contributed by atoms with Crippen LogP contribution in [0.2, 0.25) is 0 Å². The topological polar surface area (TPSA) is 35.2 Å². The number of fused-ring (bicyclic) bond motifs is 1. The second-order valence-corrected chi connectivity index (χ2v) is 3.57. The first-order chi connectivity index (χ1) is 6.31. The van der Waals surface area contributed by atoms with Gasteiger partial charge in [0, 0.05) is 12.8 Å². The number of hydrogen-bond donors (Lipinski definition) is 1. The van der Waals surface area contributed by atoms with E-state index in [4.69, 9.17) is 10.5 Å². The summed E-state index contributed by atoms with van der Waals surface area (Å²) in [4.78, 5) is 0. The lowest BCUT2D eigenvalue weighted by molar-refractivity contribution is 0.0881. The quantitative estimate of drug-likeness (QED) is 0.668. The van der Waals surface area contributed by atoms with E-state index >= 15 is 0 Å². The molecule has 1 aliphatic rings. The third kappa shape index (κ3) is 1.54. The van der Waals surface area contributed by atoms with Crippen LogP contribution in [0.3, 0.4) is 0 Å². The van der Waals surface area contributed by atoms with Crippen LogP contribution in [0.5, 0.6) is 0 Å². The molecule has 1 unspecified atom stereocenters. The van der Waals surface area contributed by atoms with Gasteiger partial charge in [-0.2, -0.15) is 0 Å². The summed E-state index contributed by atoms with van der Waals surface area (Å²) in [6.07, 6.45) is 3.75. The predicted molar refractivity (Wildman–Crippen MR) is 53.5 cm³/mol. The van der Waals surface area contributed by atoms with Crippen molar-refractivity contribution in [2.45, 2.75) is 25.4 Å². The molecule has 0 fully saturated rings. The molecule has 70 valence electrons. The third-order valence-corrected chi connectivity index (χ3v) is 2.71. The molecule has 1 aromatic carbocycles. The molecule has 0 saturated carbocycles. The fourth-order valence-corrected chi connectivity index (χ4v) is 2.02. The smallest absolute Gasteiger partial charge is 0.0824 e. The lowest BCUT2D eigenvalue weighted by Crippen LogP contribution is -2.11. The Morgan fingerprint density at radius 1 is 1.46 bits per heavy atom. The van der Waals surface area contributed by atoms with E-state index in [1.165, 1.54) is 17.5 Å². The highest BCUT2D eigenvalue weighted by Gasteiger charge is 2.19. The normalized spacial score (nSPS) is 21.2. The number of benzene rings is 1. The molecule has 2 N–H and O–H groups in total. The average molecular weight is 177 g/mol. The van der Waals surface area contributed by atoms with Gasteiger partial charge < -0.3 is 10.5 Å². The molecular weight excluding hydrogens is 162 g/mol. The number of nitrogens with two attached hydrogens (primary N) is 1. The summed E-state index contributed by atoms with van der Waals surface area (Å²) in [7, 11) is 1.77. The fraction of sp³-hybridized carbons (Fsp3) is 0.455. The molecule has 2 rings (SSSR count). The van der Waals surface area contributed by atoms with Gasteiger partial charge in [0.25, 0.3) is 0 Å². The third-order valence-electron chi connectivity index (χ3n) is 2.71. The Balaban J connectivity index is 2.41. The van der Waals surface area contributed by atoms with Crippen molar-refractivity contribution in [2.24, 2.45) is 0 Å². The molecule has 2 heteroatoms. The Hall–Kier alpha value is -1.02. The van der Waals surface area contributed by atoms with Crippen LogP contribution in [0.25, 0.3) is 0 Å². The van der Waals surface area contributed by atoms with Crippen molar-refractivity contribution in [1.29, 1.82) is 0 Å². The van der Waals surface area contributed by atoms with Crippen LogP contribution in [-0.2, 0) is 11.2 Å². The maximum absolute atomic E-state index is 5.74. The van der Waals surface area contributed by atoms with Crippen LogP contribution in [0.1, 0.15) is 30.1 Å². The van der Waals surface area contributed by atoms with Gasteiger partial charge in [0.1, 0.15) is 0 Å². The van der Waals surface area contributed by atoms with Crippen molar-refractivity contribution in [3.63, 3.8) is 0 Å². The molecule has 2 nitrogen and oxygen atoms in total. The van der Waals surface area contributed by atoms with E-state index in [2.05, 4.69) is 6.07 Å². The molecule has 1 atom stereocenters. The Kier molecular flexibility index (Phi) is 2.23. The molecule has 0 aromatic heterocycles. The second kappa shape index (κ2) is 3.38. The average Bonchev–Trinajstić information content (AvgIpc) is 2.17. The minimum absolute atomic E-state index is 0.257. The summed E-state index contributed by atoms with van der Waals surface area (Å²) in [6, 6.07) is 6.13. The lowest BCUT2D eigenvalue weighted by atomic mass is 9.89. The van der Waals surface area contributed by atoms with Crippen molar-refractivity contribution >= 4 is 5.69 Å². The van der Waals surface area contributed by atoms with Crippen molar-refractivity contribution in [3.8, 4) is 0 Å². The van der Waals surface area contributed by atoms with E-state index in [-0.39, 0.29) is 6.10 Å². The first-order valence-corrected chi connectivity index (χ1v) is 4.72. The van der Waals surface area contributed by atoms with Gasteiger partial charge in [0.2, 0.25) is 0 Å². The molecule has 0 saturated heterocycles. The summed E-state index contributed by atoms with van der Waals surface area (Å²) in [6.45, 7) is 0. The van der Waals surface area contributed by atoms with Crippen LogP contribution in [-0.4, -0.2) is 7.11 Å². The fourth-order valence-electron chi connectivity index (χ4n) is 2.02. The summed E-state index contributed by atoms with van der Waals surface area (Å²) in [5.41, 5.74) is 9.26. The Morgan fingerprint density at radius 2 is 2.31 bits per heavy atom. The molecule has 0 heterocycles. The minimum atomic E-state index is 0.257. The zero-order valence-electron chi connectivity index (χ0n) is 7.92. The van der Waals surface area contributed by atoms with Gasteiger partial charge in [-0.1, -0.05) is 6.07 Å². The summed E-state index contributed by atoms with van der Waals surface area (Å²) in [5.74, 6) is 0. The minimum Gasteiger partial charge on any atom is -0.399 e. The molecule has 13 heavy (non-hydrogen) atoms. The first-order valence-electron chi connectivity index (χ1n) is 4.72. The highest BCUT2D eigenvalue weighted by Crippen LogP contribution is 2.32. The number of methoxy groups -OCH3 is 1. The Labute approximate surface area is 78.7 Å². The van der Waals surface area contributed by atoms with E-state index in [0.717, 1.165) is 18.5 Å². The van der Waals surface area contributed by atoms with Gasteiger partial charge in [0.05, 0.1) is 6.10 Å². The zero-order chi connectivity index (χ0) is 9.26. The van der Waals surface area contributed by atoms with Crippen molar-refractivity contribution in [3.05, 3.63) is 29.3 Å². The Bertz CT molecular complexity index is 309. The highest BCUT2D eigenvalue weighted by molar-refractivity contribution is 5.46. The largest absolute Gasteiger partial charge is 0.399 e. The van der Waals surface area contributed by atoms with Crippen LogP contribution in [0.4, 0.5) is 5.69 Å². The molecule has 1 aromatic rings. The molecule has 0 spiro atoms. The van der Waals surface area contributed by atoms with Crippen LogP contribution in [0.15, 0.2) is 18.2 Å². The standard InChI is InChI=1S/C11H15NO/c1-13-11-4-2-3-8-5-6-9(12)7-10(8)11/h5-7,11H,2-4,12H2,1H3.